The summed E-state index contributed by atoms with van der Waals surface area (Å²) < 4.78 is 50.5. The predicted octanol–water partition coefficient (Wildman–Crippen LogP) is 4.99. The molecular formula is C22H17F4N3O3S. The zero-order valence-electron chi connectivity index (χ0n) is 17.0. The fourth-order valence-electron chi connectivity index (χ4n) is 2.83. The first-order chi connectivity index (χ1) is 15.5. The molecule has 3 aromatic rings. The van der Waals surface area contributed by atoms with Gasteiger partial charge < -0.3 is 16.0 Å². The molecule has 0 radical (unpaired) electrons. The number of rotatable bonds is 6. The maximum atomic E-state index is 13.3. The Morgan fingerprint density at radius 1 is 0.909 bits per heavy atom. The van der Waals surface area contributed by atoms with Gasteiger partial charge in [-0.05, 0) is 48.9 Å². The third kappa shape index (κ3) is 6.39. The second kappa shape index (κ2) is 9.82. The minimum Gasteiger partial charge on any atom is -0.343 e. The van der Waals surface area contributed by atoms with E-state index in [9.17, 15) is 31.9 Å². The number of hydrogen-bond acceptors (Lipinski definition) is 4. The number of anilines is 2. The fraction of sp³-hybridized carbons (Fsp3) is 0.136. The zero-order valence-corrected chi connectivity index (χ0v) is 17.9. The molecule has 6 nitrogen and oxygen atoms in total. The van der Waals surface area contributed by atoms with Gasteiger partial charge in [-0.25, -0.2) is 4.39 Å². The number of thiophene rings is 1. The van der Waals surface area contributed by atoms with E-state index in [4.69, 9.17) is 0 Å². The number of carbonyl (C=O) groups is 3. The lowest BCUT2D eigenvalue weighted by Crippen LogP contribution is -2.34. The Hall–Kier alpha value is -3.73. The third-order valence-corrected chi connectivity index (χ3v) is 5.47. The van der Waals surface area contributed by atoms with Crippen LogP contribution in [0.4, 0.5) is 28.3 Å². The zero-order chi connectivity index (χ0) is 24.2. The van der Waals surface area contributed by atoms with Crippen LogP contribution in [0.15, 0.2) is 54.6 Å². The fourth-order valence-corrected chi connectivity index (χ4v) is 3.79. The van der Waals surface area contributed by atoms with Crippen LogP contribution in [0.3, 0.4) is 0 Å². The summed E-state index contributed by atoms with van der Waals surface area (Å²) >= 11 is 0.955. The molecule has 0 saturated heterocycles. The Balaban J connectivity index is 1.73. The molecule has 0 spiro atoms. The van der Waals surface area contributed by atoms with E-state index in [2.05, 4.69) is 10.6 Å². The molecule has 1 heterocycles. The molecule has 0 unspecified atom stereocenters. The summed E-state index contributed by atoms with van der Waals surface area (Å²) in [7, 11) is 0. The van der Waals surface area contributed by atoms with E-state index in [0.29, 0.717) is 10.6 Å². The van der Waals surface area contributed by atoms with Crippen molar-refractivity contribution in [2.75, 3.05) is 17.2 Å². The average Bonchev–Trinajstić information content (AvgIpc) is 3.12. The van der Waals surface area contributed by atoms with Gasteiger partial charge in [0.05, 0.1) is 21.1 Å². The smallest absolute Gasteiger partial charge is 0.343 e. The van der Waals surface area contributed by atoms with Crippen molar-refractivity contribution in [3.05, 3.63) is 82.0 Å². The number of halogens is 4. The van der Waals surface area contributed by atoms with Crippen LogP contribution in [0, 0.1) is 12.7 Å². The minimum absolute atomic E-state index is 0.0281. The maximum absolute atomic E-state index is 13.3. The molecule has 0 aliphatic rings. The topological polar surface area (TPSA) is 87.3 Å². The standard InChI is InChI=1S/C22H17F4N3O3S/c1-12-9-17(29-19(30)13-5-4-6-14(23)10-13)33-18(12)21(32)28-16-8-3-2-7-15(16)20(31)27-11-22(24,25)26/h2-10H,11H2,1H3,(H,27,31)(H,28,32)(H,29,30). The lowest BCUT2D eigenvalue weighted by molar-refractivity contribution is -0.123. The van der Waals surface area contributed by atoms with Gasteiger partial charge in [0, 0.05) is 5.56 Å². The maximum Gasteiger partial charge on any atom is 0.405 e. The number of para-hydroxylation sites is 1. The molecule has 0 bridgehead atoms. The largest absolute Gasteiger partial charge is 0.405 e. The van der Waals surface area contributed by atoms with Crippen LogP contribution in [0.1, 0.15) is 36.0 Å². The molecule has 0 saturated carbocycles. The molecular weight excluding hydrogens is 462 g/mol. The van der Waals surface area contributed by atoms with Crippen molar-refractivity contribution >= 4 is 39.7 Å². The molecule has 3 amide bonds. The number of aryl methyl sites for hydroxylation is 1. The van der Waals surface area contributed by atoms with Crippen molar-refractivity contribution < 1.29 is 31.9 Å². The van der Waals surface area contributed by atoms with Crippen molar-refractivity contribution in [2.45, 2.75) is 13.1 Å². The number of hydrogen-bond donors (Lipinski definition) is 3. The Labute approximate surface area is 189 Å². The summed E-state index contributed by atoms with van der Waals surface area (Å²) in [5.74, 6) is -2.73. The second-order valence-corrected chi connectivity index (χ2v) is 7.94. The minimum atomic E-state index is -4.58. The van der Waals surface area contributed by atoms with Gasteiger partial charge in [0.2, 0.25) is 0 Å². The van der Waals surface area contributed by atoms with E-state index >= 15 is 0 Å². The Morgan fingerprint density at radius 3 is 2.33 bits per heavy atom. The van der Waals surface area contributed by atoms with Crippen molar-refractivity contribution in [3.63, 3.8) is 0 Å². The predicted molar refractivity (Wildman–Crippen MR) is 116 cm³/mol. The van der Waals surface area contributed by atoms with Gasteiger partial charge in [-0.2, -0.15) is 13.2 Å². The van der Waals surface area contributed by atoms with Gasteiger partial charge in [-0.3, -0.25) is 14.4 Å². The Bertz CT molecular complexity index is 1210. The second-order valence-electron chi connectivity index (χ2n) is 6.88. The first-order valence-electron chi connectivity index (χ1n) is 9.46. The monoisotopic (exact) mass is 479 g/mol. The summed E-state index contributed by atoms with van der Waals surface area (Å²) in [4.78, 5) is 37.4. The van der Waals surface area contributed by atoms with E-state index in [-0.39, 0.29) is 21.7 Å². The quantitative estimate of drug-likeness (QED) is 0.435. The number of nitrogens with one attached hydrogen (secondary N) is 3. The van der Waals surface area contributed by atoms with Crippen LogP contribution in [-0.4, -0.2) is 30.4 Å². The third-order valence-electron chi connectivity index (χ3n) is 4.32. The van der Waals surface area contributed by atoms with E-state index in [0.717, 1.165) is 17.4 Å². The molecule has 0 aliphatic carbocycles. The average molecular weight is 479 g/mol. The van der Waals surface area contributed by atoms with Crippen molar-refractivity contribution in [2.24, 2.45) is 0 Å². The van der Waals surface area contributed by atoms with Gasteiger partial charge in [0.1, 0.15) is 12.4 Å². The van der Waals surface area contributed by atoms with Gasteiger partial charge in [0.25, 0.3) is 17.7 Å². The molecule has 2 aromatic carbocycles. The molecule has 0 aliphatic heterocycles. The molecule has 172 valence electrons. The lowest BCUT2D eigenvalue weighted by Gasteiger charge is -2.12. The van der Waals surface area contributed by atoms with Gasteiger partial charge in [-0.15, -0.1) is 11.3 Å². The number of alkyl halides is 3. The summed E-state index contributed by atoms with van der Waals surface area (Å²) in [5, 5.41) is 7.21. The Morgan fingerprint density at radius 2 is 1.64 bits per heavy atom. The molecule has 0 fully saturated rings. The van der Waals surface area contributed by atoms with Crippen LogP contribution in [0.5, 0.6) is 0 Å². The molecule has 0 atom stereocenters. The normalized spacial score (nSPS) is 11.1. The molecule has 11 heteroatoms. The van der Waals surface area contributed by atoms with Crippen molar-refractivity contribution in [3.8, 4) is 0 Å². The van der Waals surface area contributed by atoms with E-state index < -0.39 is 36.3 Å². The van der Waals surface area contributed by atoms with Crippen LogP contribution in [-0.2, 0) is 0 Å². The highest BCUT2D eigenvalue weighted by Gasteiger charge is 2.28. The van der Waals surface area contributed by atoms with E-state index in [1.54, 1.807) is 18.3 Å². The van der Waals surface area contributed by atoms with Gasteiger partial charge in [0.15, 0.2) is 0 Å². The molecule has 1 aromatic heterocycles. The van der Waals surface area contributed by atoms with Crippen LogP contribution < -0.4 is 16.0 Å². The number of amides is 3. The van der Waals surface area contributed by atoms with Crippen LogP contribution in [0.2, 0.25) is 0 Å². The first-order valence-corrected chi connectivity index (χ1v) is 10.3. The lowest BCUT2D eigenvalue weighted by atomic mass is 10.1. The van der Waals surface area contributed by atoms with Crippen LogP contribution >= 0.6 is 11.3 Å². The highest BCUT2D eigenvalue weighted by atomic mass is 32.1. The number of carbonyl (C=O) groups excluding carboxylic acids is 3. The Kier molecular flexibility index (Phi) is 7.12. The SMILES string of the molecule is Cc1cc(NC(=O)c2cccc(F)c2)sc1C(=O)Nc1ccccc1C(=O)NCC(F)(F)F. The van der Waals surface area contributed by atoms with Gasteiger partial charge >= 0.3 is 6.18 Å². The summed E-state index contributed by atoms with van der Waals surface area (Å²) in [6.45, 7) is 0.123. The molecule has 3 rings (SSSR count). The highest BCUT2D eigenvalue weighted by Crippen LogP contribution is 2.28. The number of benzene rings is 2. The van der Waals surface area contributed by atoms with E-state index in [1.807, 2.05) is 0 Å². The first kappa shape index (κ1) is 23.9. The summed E-state index contributed by atoms with van der Waals surface area (Å²) in [5.41, 5.74) is 0.515. The van der Waals surface area contributed by atoms with Crippen molar-refractivity contribution in [1.29, 1.82) is 0 Å². The van der Waals surface area contributed by atoms with Crippen molar-refractivity contribution in [1.82, 2.24) is 5.32 Å². The highest BCUT2D eigenvalue weighted by molar-refractivity contribution is 7.18. The van der Waals surface area contributed by atoms with Crippen LogP contribution in [0.25, 0.3) is 0 Å². The summed E-state index contributed by atoms with van der Waals surface area (Å²) in [6, 6.07) is 12.3. The summed E-state index contributed by atoms with van der Waals surface area (Å²) in [6.07, 6.45) is -4.58. The van der Waals surface area contributed by atoms with Gasteiger partial charge in [-0.1, -0.05) is 18.2 Å². The van der Waals surface area contributed by atoms with E-state index in [1.165, 1.54) is 42.5 Å². The molecule has 3 N–H and O–H groups in total. The molecule has 33 heavy (non-hydrogen) atoms.